The maximum atomic E-state index is 3.89. The van der Waals surface area contributed by atoms with E-state index >= 15 is 0 Å². The summed E-state index contributed by atoms with van der Waals surface area (Å²) in [5.74, 6) is 0. The van der Waals surface area contributed by atoms with Gasteiger partial charge in [0.25, 0.3) is 0 Å². The zero-order valence-corrected chi connectivity index (χ0v) is 28.4. The van der Waals surface area contributed by atoms with Gasteiger partial charge in [-0.15, -0.1) is 0 Å². The lowest BCUT2D eigenvalue weighted by Crippen LogP contribution is -2.30. The van der Waals surface area contributed by atoms with E-state index in [1.165, 1.54) is 65.5 Å². The summed E-state index contributed by atoms with van der Waals surface area (Å²) >= 11 is 0. The second-order valence-electron chi connectivity index (χ2n) is 13.8. The van der Waals surface area contributed by atoms with Gasteiger partial charge in [-0.1, -0.05) is 133 Å². The fraction of sp³-hybridized carbons (Fsp3) is 0.0417. The van der Waals surface area contributed by atoms with Crippen molar-refractivity contribution in [3.8, 4) is 11.4 Å². The van der Waals surface area contributed by atoms with Gasteiger partial charge in [-0.25, -0.2) is 0 Å². The number of fused-ring (bicyclic) bond motifs is 11. The quantitative estimate of drug-likeness (QED) is 0.196. The molecular weight excluding hydrogens is 633 g/mol. The lowest BCUT2D eigenvalue weighted by atomic mass is 9.90. The highest BCUT2D eigenvalue weighted by Crippen LogP contribution is 2.47. The third-order valence-electron chi connectivity index (χ3n) is 11.0. The van der Waals surface area contributed by atoms with Gasteiger partial charge < -0.3 is 19.8 Å². The first-order chi connectivity index (χ1) is 25.8. The first kappa shape index (κ1) is 29.0. The molecule has 3 heterocycles. The van der Waals surface area contributed by atoms with Crippen molar-refractivity contribution in [2.75, 3.05) is 10.6 Å². The Kier molecular flexibility index (Phi) is 6.34. The highest BCUT2D eigenvalue weighted by atomic mass is 15.1. The van der Waals surface area contributed by atoms with Gasteiger partial charge in [0.2, 0.25) is 0 Å². The summed E-state index contributed by atoms with van der Waals surface area (Å²) in [6.07, 6.45) is 0. The Morgan fingerprint density at radius 3 is 1.23 bits per heavy atom. The van der Waals surface area contributed by atoms with Gasteiger partial charge in [-0.2, -0.15) is 0 Å². The topological polar surface area (TPSA) is 33.9 Å². The van der Waals surface area contributed by atoms with Crippen molar-refractivity contribution in [3.63, 3.8) is 0 Å². The lowest BCUT2D eigenvalue weighted by molar-refractivity contribution is 0.636. The van der Waals surface area contributed by atoms with Crippen LogP contribution in [0.2, 0.25) is 0 Å². The van der Waals surface area contributed by atoms with Gasteiger partial charge in [0.1, 0.15) is 0 Å². The molecule has 0 aliphatic carbocycles. The molecule has 0 bridgehead atoms. The molecule has 0 fully saturated rings. The third kappa shape index (κ3) is 4.21. The summed E-state index contributed by atoms with van der Waals surface area (Å²) in [6.45, 7) is 0. The minimum absolute atomic E-state index is 0.0424. The van der Waals surface area contributed by atoms with Gasteiger partial charge in [0.05, 0.1) is 45.5 Å². The van der Waals surface area contributed by atoms with E-state index in [4.69, 9.17) is 0 Å². The van der Waals surface area contributed by atoms with Crippen LogP contribution in [-0.2, 0) is 0 Å². The van der Waals surface area contributed by atoms with Crippen molar-refractivity contribution in [2.24, 2.45) is 0 Å². The van der Waals surface area contributed by atoms with E-state index in [1.54, 1.807) is 0 Å². The van der Waals surface area contributed by atoms with Crippen molar-refractivity contribution in [2.45, 2.75) is 12.1 Å². The molecule has 2 aromatic heterocycles. The van der Waals surface area contributed by atoms with E-state index < -0.39 is 0 Å². The predicted octanol–water partition coefficient (Wildman–Crippen LogP) is 12.4. The number of rotatable bonds is 4. The van der Waals surface area contributed by atoms with Crippen LogP contribution in [0.5, 0.6) is 0 Å². The number of nitrogens with zero attached hydrogens (tertiary/aromatic N) is 2. The van der Waals surface area contributed by atoms with Crippen molar-refractivity contribution < 1.29 is 0 Å². The monoisotopic (exact) mass is 666 g/mol. The van der Waals surface area contributed by atoms with E-state index in [2.05, 4.69) is 202 Å². The Hall–Kier alpha value is -6.78. The largest absolute Gasteiger partial charge is 0.374 e. The van der Waals surface area contributed by atoms with Crippen molar-refractivity contribution in [3.05, 3.63) is 193 Å². The zero-order chi connectivity index (χ0) is 34.2. The Morgan fingerprint density at radius 1 is 0.327 bits per heavy atom. The normalized spacial score (nSPS) is 15.6. The molecule has 4 heteroatoms. The summed E-state index contributed by atoms with van der Waals surface area (Å²) in [6, 6.07) is 66.1. The van der Waals surface area contributed by atoms with E-state index in [-0.39, 0.29) is 12.1 Å². The summed E-state index contributed by atoms with van der Waals surface area (Å²) in [7, 11) is 0. The smallest absolute Gasteiger partial charge is 0.0795 e. The molecule has 1 aliphatic heterocycles. The highest BCUT2D eigenvalue weighted by molar-refractivity contribution is 6.36. The molecule has 52 heavy (non-hydrogen) atoms. The maximum Gasteiger partial charge on any atom is 0.0795 e. The number of para-hydroxylation sites is 5. The Balaban J connectivity index is 1.20. The van der Waals surface area contributed by atoms with E-state index in [1.807, 2.05) is 0 Å². The van der Waals surface area contributed by atoms with Crippen LogP contribution in [0.1, 0.15) is 23.2 Å². The second-order valence-corrected chi connectivity index (χ2v) is 13.8. The first-order valence-electron chi connectivity index (χ1n) is 18.0. The Morgan fingerprint density at radius 2 is 0.712 bits per heavy atom. The zero-order valence-electron chi connectivity index (χ0n) is 28.4. The number of anilines is 2. The molecule has 0 spiro atoms. The van der Waals surface area contributed by atoms with E-state index in [0.29, 0.717) is 0 Å². The van der Waals surface area contributed by atoms with Crippen molar-refractivity contribution >= 4 is 65.8 Å². The van der Waals surface area contributed by atoms with Crippen molar-refractivity contribution in [1.82, 2.24) is 9.13 Å². The summed E-state index contributed by atoms with van der Waals surface area (Å²) in [4.78, 5) is 0. The summed E-state index contributed by atoms with van der Waals surface area (Å²) < 4.78 is 4.97. The molecule has 2 atom stereocenters. The molecule has 2 N–H and O–H groups in total. The Labute approximate surface area is 301 Å². The molecule has 8 aromatic carbocycles. The number of nitrogens with one attached hydrogen (secondary N) is 2. The average molecular weight is 667 g/mol. The standard InChI is InChI=1S/C48H34N4/c1-3-15-31(16-4-1)45-46(50-40-24-12-11-23-39(40)49-45)32-27-29-34(30-28-32)52-42-26-14-10-22-38(42)44-36-20-8-7-19-35(36)43-37-21-9-13-25-41(37)51(47(43)48(44)52)33-17-5-2-6-18-33/h1-30,45-46,49-50H. The van der Waals surface area contributed by atoms with Gasteiger partial charge in [-0.05, 0) is 70.4 Å². The number of hydrogen-bond donors (Lipinski definition) is 2. The molecular formula is C48H34N4. The molecule has 2 unspecified atom stereocenters. The molecule has 246 valence electrons. The third-order valence-corrected chi connectivity index (χ3v) is 11.0. The maximum absolute atomic E-state index is 3.89. The second kappa shape index (κ2) is 11.4. The van der Waals surface area contributed by atoms with Crippen LogP contribution in [0.4, 0.5) is 11.4 Å². The van der Waals surface area contributed by atoms with E-state index in [9.17, 15) is 0 Å². The number of aromatic nitrogens is 2. The number of hydrogen-bond acceptors (Lipinski definition) is 2. The predicted molar refractivity (Wildman–Crippen MR) is 218 cm³/mol. The van der Waals surface area contributed by atoms with Gasteiger partial charge in [0.15, 0.2) is 0 Å². The summed E-state index contributed by atoms with van der Waals surface area (Å²) in [5, 5.41) is 15.4. The summed E-state index contributed by atoms with van der Waals surface area (Å²) in [5.41, 5.74) is 11.9. The Bertz CT molecular complexity index is 2960. The first-order valence-corrected chi connectivity index (χ1v) is 18.0. The SMILES string of the molecule is c1ccc(C2Nc3ccccc3NC2c2ccc(-n3c4ccccc4c4c5ccccc5c5c6ccccc6n(-c6ccccc6)c5c43)cc2)cc1. The van der Waals surface area contributed by atoms with Gasteiger partial charge >= 0.3 is 0 Å². The van der Waals surface area contributed by atoms with Crippen LogP contribution in [0, 0.1) is 0 Å². The van der Waals surface area contributed by atoms with Gasteiger partial charge in [-0.3, -0.25) is 0 Å². The molecule has 4 nitrogen and oxygen atoms in total. The minimum atomic E-state index is 0.0424. The molecule has 0 saturated carbocycles. The van der Waals surface area contributed by atoms with Crippen LogP contribution < -0.4 is 10.6 Å². The van der Waals surface area contributed by atoms with Crippen molar-refractivity contribution in [1.29, 1.82) is 0 Å². The van der Waals surface area contributed by atoms with Gasteiger partial charge in [0, 0.05) is 32.9 Å². The minimum Gasteiger partial charge on any atom is -0.374 e. The fourth-order valence-electron chi connectivity index (χ4n) is 8.79. The van der Waals surface area contributed by atoms with E-state index in [0.717, 1.165) is 22.7 Å². The molecule has 1 aliphatic rings. The van der Waals surface area contributed by atoms with Crippen LogP contribution in [0.25, 0.3) is 65.8 Å². The van der Waals surface area contributed by atoms with Crippen LogP contribution in [0.15, 0.2) is 182 Å². The fourth-order valence-corrected chi connectivity index (χ4v) is 8.79. The molecule has 11 rings (SSSR count). The molecule has 0 radical (unpaired) electrons. The van der Waals surface area contributed by atoms with Crippen LogP contribution in [0.3, 0.4) is 0 Å². The van der Waals surface area contributed by atoms with Crippen LogP contribution >= 0.6 is 0 Å². The van der Waals surface area contributed by atoms with Crippen LogP contribution in [-0.4, -0.2) is 9.13 Å². The lowest BCUT2D eigenvalue weighted by Gasteiger charge is -2.37. The number of benzene rings is 8. The average Bonchev–Trinajstić information content (AvgIpc) is 3.75. The highest BCUT2D eigenvalue weighted by Gasteiger charge is 2.30. The molecule has 0 saturated heterocycles. The molecule has 10 aromatic rings. The molecule has 0 amide bonds.